The highest BCUT2D eigenvalue weighted by Gasteiger charge is 2.12. The van der Waals surface area contributed by atoms with Crippen molar-refractivity contribution in [3.8, 4) is 0 Å². The van der Waals surface area contributed by atoms with Crippen molar-refractivity contribution in [2.45, 2.75) is 5.92 Å². The summed E-state index contributed by atoms with van der Waals surface area (Å²) in [7, 11) is 0. The molecule has 0 radical (unpaired) electrons. The monoisotopic (exact) mass is 285 g/mol. The molecule has 1 heteroatoms. The van der Waals surface area contributed by atoms with Gasteiger partial charge in [-0.1, -0.05) is 91.0 Å². The van der Waals surface area contributed by atoms with Gasteiger partial charge in [0.25, 0.3) is 0 Å². The second kappa shape index (κ2) is 7.37. The van der Waals surface area contributed by atoms with Gasteiger partial charge in [0.05, 0.1) is 0 Å². The molecule has 0 aromatic heterocycles. The fourth-order valence-electron chi connectivity index (χ4n) is 2.58. The van der Waals surface area contributed by atoms with Gasteiger partial charge in [0.2, 0.25) is 0 Å². The smallest absolute Gasteiger partial charge is 0.0498 e. The Bertz CT molecular complexity index is 663. The molecule has 0 atom stereocenters. The molecule has 22 heavy (non-hydrogen) atoms. The maximum absolute atomic E-state index is 4.67. The molecule has 0 aliphatic rings. The zero-order chi connectivity index (χ0) is 15.0. The summed E-state index contributed by atoms with van der Waals surface area (Å²) in [5.41, 5.74) is 3.75. The van der Waals surface area contributed by atoms with E-state index in [1.807, 2.05) is 24.4 Å². The Kier molecular flexibility index (Phi) is 4.78. The van der Waals surface area contributed by atoms with E-state index in [0.717, 1.165) is 12.1 Å². The highest BCUT2D eigenvalue weighted by Crippen LogP contribution is 2.24. The highest BCUT2D eigenvalue weighted by atomic mass is 14.7. The van der Waals surface area contributed by atoms with Crippen LogP contribution in [0.5, 0.6) is 0 Å². The fourth-order valence-corrected chi connectivity index (χ4v) is 2.58. The maximum atomic E-state index is 4.67. The lowest BCUT2D eigenvalue weighted by molar-refractivity contribution is 0.823. The zero-order valence-electron chi connectivity index (χ0n) is 12.5. The average Bonchev–Trinajstić information content (AvgIpc) is 2.61. The van der Waals surface area contributed by atoms with Crippen molar-refractivity contribution in [1.82, 2.24) is 0 Å². The summed E-state index contributed by atoms with van der Waals surface area (Å²) in [6.07, 6.45) is 1.96. The first-order chi connectivity index (χ1) is 10.9. The van der Waals surface area contributed by atoms with E-state index in [4.69, 9.17) is 0 Å². The van der Waals surface area contributed by atoms with Crippen LogP contribution in [-0.2, 0) is 0 Å². The van der Waals surface area contributed by atoms with E-state index in [-0.39, 0.29) is 0 Å². The lowest BCUT2D eigenvalue weighted by Crippen LogP contribution is -2.05. The molecule has 0 N–H and O–H groups in total. The van der Waals surface area contributed by atoms with Gasteiger partial charge in [-0.25, -0.2) is 0 Å². The molecular weight excluding hydrogens is 266 g/mol. The quantitative estimate of drug-likeness (QED) is 0.589. The Balaban J connectivity index is 1.82. The molecule has 0 saturated heterocycles. The standard InChI is InChI=1S/C21H19N/c1-4-10-18(11-5-1)16-22-17-21(19-12-6-2-7-13-19)20-14-8-3-9-15-20/h1-16,21H,17H2. The van der Waals surface area contributed by atoms with Crippen molar-refractivity contribution in [3.05, 3.63) is 108 Å². The molecular formula is C21H19N. The lowest BCUT2D eigenvalue weighted by Gasteiger charge is -2.15. The van der Waals surface area contributed by atoms with E-state index in [9.17, 15) is 0 Å². The van der Waals surface area contributed by atoms with E-state index in [0.29, 0.717) is 5.92 Å². The Hall–Kier alpha value is -2.67. The molecule has 3 aromatic rings. The first-order valence-corrected chi connectivity index (χ1v) is 7.58. The minimum atomic E-state index is 0.294. The van der Waals surface area contributed by atoms with E-state index >= 15 is 0 Å². The molecule has 0 bridgehead atoms. The van der Waals surface area contributed by atoms with E-state index in [1.165, 1.54) is 11.1 Å². The number of benzene rings is 3. The third-order valence-electron chi connectivity index (χ3n) is 3.73. The number of nitrogens with zero attached hydrogens (tertiary/aromatic N) is 1. The van der Waals surface area contributed by atoms with Crippen LogP contribution in [0.15, 0.2) is 96.0 Å². The predicted molar refractivity (Wildman–Crippen MR) is 93.6 cm³/mol. The summed E-state index contributed by atoms with van der Waals surface area (Å²) in [6, 6.07) is 31.4. The van der Waals surface area contributed by atoms with Crippen LogP contribution >= 0.6 is 0 Å². The van der Waals surface area contributed by atoms with Crippen molar-refractivity contribution < 1.29 is 0 Å². The van der Waals surface area contributed by atoms with Gasteiger partial charge in [-0.2, -0.15) is 0 Å². The van der Waals surface area contributed by atoms with Gasteiger partial charge in [0, 0.05) is 18.7 Å². The molecule has 108 valence electrons. The van der Waals surface area contributed by atoms with Crippen LogP contribution in [-0.4, -0.2) is 12.8 Å². The number of aliphatic imine (C=N–C) groups is 1. The Labute approximate surface area is 132 Å². The van der Waals surface area contributed by atoms with Crippen molar-refractivity contribution >= 4 is 6.21 Å². The summed E-state index contributed by atoms with van der Waals surface area (Å²) in [5.74, 6) is 0.294. The fraction of sp³-hybridized carbons (Fsp3) is 0.0952. The van der Waals surface area contributed by atoms with Crippen LogP contribution in [0, 0.1) is 0 Å². The van der Waals surface area contributed by atoms with Crippen LogP contribution in [0.1, 0.15) is 22.6 Å². The van der Waals surface area contributed by atoms with Gasteiger partial charge in [0.15, 0.2) is 0 Å². The molecule has 3 rings (SSSR count). The number of hydrogen-bond donors (Lipinski definition) is 0. The average molecular weight is 285 g/mol. The molecule has 0 heterocycles. The zero-order valence-corrected chi connectivity index (χ0v) is 12.5. The summed E-state index contributed by atoms with van der Waals surface area (Å²) in [6.45, 7) is 0.753. The summed E-state index contributed by atoms with van der Waals surface area (Å²) in [5, 5.41) is 0. The third kappa shape index (κ3) is 3.70. The molecule has 0 saturated carbocycles. The first-order valence-electron chi connectivity index (χ1n) is 7.58. The number of rotatable bonds is 5. The van der Waals surface area contributed by atoms with Crippen molar-refractivity contribution in [2.24, 2.45) is 4.99 Å². The highest BCUT2D eigenvalue weighted by molar-refractivity contribution is 5.79. The molecule has 0 aliphatic carbocycles. The molecule has 0 aliphatic heterocycles. The van der Waals surface area contributed by atoms with Gasteiger partial charge in [-0.05, 0) is 16.7 Å². The number of hydrogen-bond acceptors (Lipinski definition) is 1. The Morgan fingerprint density at radius 3 is 1.59 bits per heavy atom. The molecule has 0 amide bonds. The molecule has 0 unspecified atom stereocenters. The molecule has 1 nitrogen and oxygen atoms in total. The van der Waals surface area contributed by atoms with Crippen molar-refractivity contribution in [2.75, 3.05) is 6.54 Å². The second-order valence-corrected chi connectivity index (χ2v) is 5.28. The van der Waals surface area contributed by atoms with Gasteiger partial charge in [-0.15, -0.1) is 0 Å². The summed E-state index contributed by atoms with van der Waals surface area (Å²) < 4.78 is 0. The lowest BCUT2D eigenvalue weighted by atomic mass is 9.91. The summed E-state index contributed by atoms with van der Waals surface area (Å²) >= 11 is 0. The summed E-state index contributed by atoms with van der Waals surface area (Å²) in [4.78, 5) is 4.67. The molecule has 3 aromatic carbocycles. The van der Waals surface area contributed by atoms with Gasteiger partial charge < -0.3 is 0 Å². The minimum Gasteiger partial charge on any atom is -0.292 e. The largest absolute Gasteiger partial charge is 0.292 e. The van der Waals surface area contributed by atoms with Gasteiger partial charge in [-0.3, -0.25) is 4.99 Å². The van der Waals surface area contributed by atoms with Crippen LogP contribution < -0.4 is 0 Å². The van der Waals surface area contributed by atoms with Crippen LogP contribution in [0.4, 0.5) is 0 Å². The van der Waals surface area contributed by atoms with E-state index in [1.54, 1.807) is 0 Å². The topological polar surface area (TPSA) is 12.4 Å². The van der Waals surface area contributed by atoms with Crippen molar-refractivity contribution in [3.63, 3.8) is 0 Å². The van der Waals surface area contributed by atoms with Gasteiger partial charge >= 0.3 is 0 Å². The van der Waals surface area contributed by atoms with Crippen LogP contribution in [0.3, 0.4) is 0 Å². The van der Waals surface area contributed by atoms with Crippen LogP contribution in [0.25, 0.3) is 0 Å². The maximum Gasteiger partial charge on any atom is 0.0498 e. The second-order valence-electron chi connectivity index (χ2n) is 5.28. The van der Waals surface area contributed by atoms with Crippen molar-refractivity contribution in [1.29, 1.82) is 0 Å². The van der Waals surface area contributed by atoms with Gasteiger partial charge in [0.1, 0.15) is 0 Å². The van der Waals surface area contributed by atoms with E-state index in [2.05, 4.69) is 77.8 Å². The van der Waals surface area contributed by atoms with Crippen LogP contribution in [0.2, 0.25) is 0 Å². The minimum absolute atomic E-state index is 0.294. The first kappa shape index (κ1) is 14.3. The normalized spacial score (nSPS) is 11.1. The molecule has 0 spiro atoms. The SMILES string of the molecule is C(=NCC(c1ccccc1)c1ccccc1)c1ccccc1. The molecule has 0 fully saturated rings. The Morgan fingerprint density at radius 2 is 1.09 bits per heavy atom. The van der Waals surface area contributed by atoms with E-state index < -0.39 is 0 Å². The Morgan fingerprint density at radius 1 is 0.636 bits per heavy atom. The predicted octanol–water partition coefficient (Wildman–Crippen LogP) is 4.94. The third-order valence-corrected chi connectivity index (χ3v) is 3.73.